The molecule has 1 heterocycles. The summed E-state index contributed by atoms with van der Waals surface area (Å²) in [5.41, 5.74) is 6.60. The van der Waals surface area contributed by atoms with E-state index in [1.165, 1.54) is 11.1 Å². The third-order valence-corrected chi connectivity index (χ3v) is 4.11. The Labute approximate surface area is 130 Å². The van der Waals surface area contributed by atoms with Crippen molar-refractivity contribution in [2.45, 2.75) is 13.3 Å². The Balaban J connectivity index is 2.25. The molecule has 4 nitrogen and oxygen atoms in total. The number of nitrogens with zero attached hydrogens (tertiary/aromatic N) is 2. The van der Waals surface area contributed by atoms with Crippen LogP contribution in [0, 0.1) is 6.92 Å². The molecule has 0 spiro atoms. The molecule has 0 unspecified atom stereocenters. The molecule has 0 radical (unpaired) electrons. The van der Waals surface area contributed by atoms with Crippen molar-refractivity contribution in [3.63, 3.8) is 0 Å². The third kappa shape index (κ3) is 2.30. The van der Waals surface area contributed by atoms with Gasteiger partial charge in [-0.3, -0.25) is 4.79 Å². The second-order valence-corrected chi connectivity index (χ2v) is 5.92. The van der Waals surface area contributed by atoms with Crippen molar-refractivity contribution < 1.29 is 9.90 Å². The van der Waals surface area contributed by atoms with Crippen LogP contribution in [0.4, 0.5) is 17.1 Å². The smallest absolute Gasteiger partial charge is 0.323 e. The molecular weight excluding hydrogens is 276 g/mol. The maximum atomic E-state index is 11.4. The topological polar surface area (TPSA) is 43.8 Å². The fourth-order valence-electron chi connectivity index (χ4n) is 3.28. The van der Waals surface area contributed by atoms with Gasteiger partial charge in [0.05, 0.1) is 11.4 Å². The molecule has 0 aliphatic carbocycles. The molecule has 3 rings (SSSR count). The molecule has 0 fully saturated rings. The number of carboxylic acid groups (broad SMARTS) is 1. The van der Waals surface area contributed by atoms with Crippen LogP contribution >= 0.6 is 0 Å². The zero-order valence-electron chi connectivity index (χ0n) is 13.1. The van der Waals surface area contributed by atoms with Crippen molar-refractivity contribution >= 4 is 23.0 Å². The maximum Gasteiger partial charge on any atom is 0.323 e. The fourth-order valence-corrected chi connectivity index (χ4v) is 3.28. The molecule has 22 heavy (non-hydrogen) atoms. The average molecular weight is 296 g/mol. The lowest BCUT2D eigenvalue weighted by molar-refractivity contribution is -0.135. The van der Waals surface area contributed by atoms with Crippen molar-refractivity contribution in [3.05, 3.63) is 53.1 Å². The van der Waals surface area contributed by atoms with E-state index < -0.39 is 5.97 Å². The molecule has 0 amide bonds. The minimum absolute atomic E-state index is 0.0334. The molecule has 1 aliphatic rings. The van der Waals surface area contributed by atoms with E-state index in [0.29, 0.717) is 0 Å². The summed E-state index contributed by atoms with van der Waals surface area (Å²) in [5, 5.41) is 9.36. The summed E-state index contributed by atoms with van der Waals surface area (Å²) in [5.74, 6) is -0.825. The Morgan fingerprint density at radius 3 is 2.59 bits per heavy atom. The normalized spacial score (nSPS) is 12.6. The van der Waals surface area contributed by atoms with Crippen LogP contribution in [0.1, 0.15) is 16.7 Å². The predicted octanol–water partition coefficient (Wildman–Crippen LogP) is 3.19. The lowest BCUT2D eigenvalue weighted by Crippen LogP contribution is -2.31. The molecule has 4 heteroatoms. The van der Waals surface area contributed by atoms with Gasteiger partial charge in [-0.25, -0.2) is 0 Å². The van der Waals surface area contributed by atoms with E-state index in [-0.39, 0.29) is 6.54 Å². The molecule has 1 aliphatic heterocycles. The Kier molecular flexibility index (Phi) is 3.53. The van der Waals surface area contributed by atoms with Gasteiger partial charge in [-0.2, -0.15) is 0 Å². The highest BCUT2D eigenvalue weighted by atomic mass is 16.4. The van der Waals surface area contributed by atoms with Gasteiger partial charge < -0.3 is 14.9 Å². The van der Waals surface area contributed by atoms with Crippen LogP contribution in [0.5, 0.6) is 0 Å². The number of carbonyl (C=O) groups is 1. The average Bonchev–Trinajstić information content (AvgIpc) is 2.46. The van der Waals surface area contributed by atoms with Gasteiger partial charge in [0.15, 0.2) is 0 Å². The molecular formula is C18H20N2O2. The maximum absolute atomic E-state index is 11.4. The number of anilines is 3. The highest BCUT2D eigenvalue weighted by molar-refractivity contribution is 5.90. The number of para-hydroxylation sites is 1. The lowest BCUT2D eigenvalue weighted by atomic mass is 9.93. The Morgan fingerprint density at radius 2 is 1.91 bits per heavy atom. The standard InChI is InChI=1S/C18H20N2O2/c1-12-8-9-14-10-13-6-4-5-7-15(13)20(11-16(21)22)18(14)17(12)19(2)3/h4-9H,10-11H2,1-3H3,(H,21,22). The van der Waals surface area contributed by atoms with Crippen molar-refractivity contribution in [2.75, 3.05) is 30.4 Å². The molecule has 2 aromatic rings. The largest absolute Gasteiger partial charge is 0.480 e. The monoisotopic (exact) mass is 296 g/mol. The van der Waals surface area contributed by atoms with Crippen LogP contribution in [0.2, 0.25) is 0 Å². The molecule has 0 saturated carbocycles. The van der Waals surface area contributed by atoms with Crippen LogP contribution in [0.3, 0.4) is 0 Å². The molecule has 1 N–H and O–H groups in total. The lowest BCUT2D eigenvalue weighted by Gasteiger charge is -2.36. The Hall–Kier alpha value is -2.49. The number of rotatable bonds is 3. The van der Waals surface area contributed by atoms with E-state index in [1.54, 1.807) is 0 Å². The summed E-state index contributed by atoms with van der Waals surface area (Å²) in [6, 6.07) is 12.3. The van der Waals surface area contributed by atoms with Gasteiger partial charge in [0.1, 0.15) is 6.54 Å². The molecule has 114 valence electrons. The third-order valence-electron chi connectivity index (χ3n) is 4.11. The van der Waals surface area contributed by atoms with Crippen molar-refractivity contribution in [1.29, 1.82) is 0 Å². The number of hydrogen-bond donors (Lipinski definition) is 1. The van der Waals surface area contributed by atoms with E-state index in [0.717, 1.165) is 29.0 Å². The molecule has 0 bridgehead atoms. The number of fused-ring (bicyclic) bond motifs is 2. The number of benzene rings is 2. The van der Waals surface area contributed by atoms with Gasteiger partial charge in [0.2, 0.25) is 0 Å². The van der Waals surface area contributed by atoms with Crippen molar-refractivity contribution in [2.24, 2.45) is 0 Å². The van der Waals surface area contributed by atoms with Crippen LogP contribution < -0.4 is 9.80 Å². The highest BCUT2D eigenvalue weighted by Gasteiger charge is 2.27. The first-order valence-electron chi connectivity index (χ1n) is 7.36. The summed E-state index contributed by atoms with van der Waals surface area (Å²) in [7, 11) is 4.00. The van der Waals surface area contributed by atoms with Crippen LogP contribution in [0.15, 0.2) is 36.4 Å². The first kappa shape index (κ1) is 14.4. The van der Waals surface area contributed by atoms with Gasteiger partial charge in [-0.05, 0) is 29.7 Å². The van der Waals surface area contributed by atoms with E-state index in [9.17, 15) is 9.90 Å². The Bertz CT molecular complexity index is 738. The Morgan fingerprint density at radius 1 is 1.18 bits per heavy atom. The van der Waals surface area contributed by atoms with Crippen molar-refractivity contribution in [3.8, 4) is 0 Å². The quantitative estimate of drug-likeness (QED) is 0.944. The van der Waals surface area contributed by atoms with E-state index >= 15 is 0 Å². The predicted molar refractivity (Wildman–Crippen MR) is 89.4 cm³/mol. The minimum atomic E-state index is -0.825. The van der Waals surface area contributed by atoms with Crippen LogP contribution in [0.25, 0.3) is 0 Å². The van der Waals surface area contributed by atoms with E-state index in [4.69, 9.17) is 0 Å². The van der Waals surface area contributed by atoms with Crippen LogP contribution in [-0.4, -0.2) is 31.7 Å². The van der Waals surface area contributed by atoms with Gasteiger partial charge >= 0.3 is 5.97 Å². The molecule has 0 saturated heterocycles. The molecule has 0 atom stereocenters. The van der Waals surface area contributed by atoms with Crippen molar-refractivity contribution in [1.82, 2.24) is 0 Å². The summed E-state index contributed by atoms with van der Waals surface area (Å²) in [6.07, 6.45) is 0.836. The molecule has 2 aromatic carbocycles. The first-order chi connectivity index (χ1) is 10.5. The zero-order chi connectivity index (χ0) is 15.9. The molecule has 0 aromatic heterocycles. The van der Waals surface area contributed by atoms with Gasteiger partial charge in [-0.15, -0.1) is 0 Å². The SMILES string of the molecule is Cc1ccc2c(c1N(C)C)N(CC(=O)O)c1ccccc1C2. The number of aryl methyl sites for hydroxylation is 1. The summed E-state index contributed by atoms with van der Waals surface area (Å²) >= 11 is 0. The van der Waals surface area contributed by atoms with Gasteiger partial charge in [-0.1, -0.05) is 30.3 Å². The van der Waals surface area contributed by atoms with E-state index in [2.05, 4.69) is 30.0 Å². The second kappa shape index (κ2) is 5.37. The zero-order valence-corrected chi connectivity index (χ0v) is 13.1. The number of hydrogen-bond acceptors (Lipinski definition) is 3. The minimum Gasteiger partial charge on any atom is -0.480 e. The summed E-state index contributed by atoms with van der Waals surface area (Å²) in [6.45, 7) is 2.03. The second-order valence-electron chi connectivity index (χ2n) is 5.92. The van der Waals surface area contributed by atoms with Gasteiger partial charge in [0.25, 0.3) is 0 Å². The number of carboxylic acids is 1. The highest BCUT2D eigenvalue weighted by Crippen LogP contribution is 2.44. The number of aliphatic carboxylic acids is 1. The van der Waals surface area contributed by atoms with Gasteiger partial charge in [0, 0.05) is 26.2 Å². The van der Waals surface area contributed by atoms with Crippen LogP contribution in [-0.2, 0) is 11.2 Å². The van der Waals surface area contributed by atoms with E-state index in [1.807, 2.05) is 37.2 Å². The summed E-state index contributed by atoms with van der Waals surface area (Å²) < 4.78 is 0. The summed E-state index contributed by atoms with van der Waals surface area (Å²) in [4.78, 5) is 15.4. The fraction of sp³-hybridized carbons (Fsp3) is 0.278. The first-order valence-corrected chi connectivity index (χ1v) is 7.36.